The maximum atomic E-state index is 11.4. The van der Waals surface area contributed by atoms with Crippen LogP contribution < -0.4 is 0 Å². The Morgan fingerprint density at radius 1 is 1.47 bits per heavy atom. The third kappa shape index (κ3) is 3.87. The van der Waals surface area contributed by atoms with Gasteiger partial charge in [-0.05, 0) is 12.8 Å². The number of amides is 1. The van der Waals surface area contributed by atoms with E-state index in [0.717, 1.165) is 6.42 Å². The molecule has 1 atom stereocenters. The number of rotatable bonds is 6. The van der Waals surface area contributed by atoms with Gasteiger partial charge >= 0.3 is 5.97 Å². The van der Waals surface area contributed by atoms with Crippen molar-refractivity contribution in [1.29, 1.82) is 0 Å². The van der Waals surface area contributed by atoms with Gasteiger partial charge in [-0.2, -0.15) is 0 Å². The molecule has 15 heavy (non-hydrogen) atoms. The maximum absolute atomic E-state index is 11.4. The average Bonchev–Trinajstić information content (AvgIpc) is 2.54. The van der Waals surface area contributed by atoms with Crippen molar-refractivity contribution in [3.05, 3.63) is 0 Å². The Bertz CT molecular complexity index is 242. The van der Waals surface area contributed by atoms with Crippen LogP contribution in [0, 0.1) is 5.92 Å². The molecule has 1 fully saturated rings. The second-order valence-electron chi connectivity index (χ2n) is 3.94. The van der Waals surface area contributed by atoms with Crippen molar-refractivity contribution in [3.8, 4) is 0 Å². The average molecular weight is 215 g/mol. The maximum Gasteiger partial charge on any atom is 0.303 e. The molecule has 0 aromatic carbocycles. The van der Waals surface area contributed by atoms with Gasteiger partial charge < -0.3 is 15.1 Å². The zero-order valence-electron chi connectivity index (χ0n) is 8.69. The molecule has 0 bridgehead atoms. The van der Waals surface area contributed by atoms with Crippen molar-refractivity contribution in [2.75, 3.05) is 19.7 Å². The van der Waals surface area contributed by atoms with E-state index in [1.807, 2.05) is 0 Å². The number of carboxylic acids is 1. The largest absolute Gasteiger partial charge is 0.481 e. The first-order chi connectivity index (χ1) is 7.13. The minimum Gasteiger partial charge on any atom is -0.481 e. The van der Waals surface area contributed by atoms with Gasteiger partial charge in [0.15, 0.2) is 0 Å². The molecule has 0 radical (unpaired) electrons. The highest BCUT2D eigenvalue weighted by atomic mass is 16.4. The highest BCUT2D eigenvalue weighted by Gasteiger charge is 2.28. The molecule has 1 saturated heterocycles. The number of carbonyl (C=O) groups excluding carboxylic acids is 1. The fraction of sp³-hybridized carbons (Fsp3) is 0.800. The third-order valence-electron chi connectivity index (χ3n) is 2.62. The Labute approximate surface area is 88.7 Å². The highest BCUT2D eigenvalue weighted by Crippen LogP contribution is 2.17. The van der Waals surface area contributed by atoms with Crippen LogP contribution in [0.5, 0.6) is 0 Å². The van der Waals surface area contributed by atoms with Crippen LogP contribution >= 0.6 is 0 Å². The summed E-state index contributed by atoms with van der Waals surface area (Å²) in [6, 6.07) is 0. The number of hydrogen-bond donors (Lipinski definition) is 2. The van der Waals surface area contributed by atoms with Crippen molar-refractivity contribution in [3.63, 3.8) is 0 Å². The molecule has 1 aliphatic heterocycles. The minimum absolute atomic E-state index is 0.0529. The van der Waals surface area contributed by atoms with Crippen molar-refractivity contribution >= 4 is 11.9 Å². The molecular weight excluding hydrogens is 198 g/mol. The highest BCUT2D eigenvalue weighted by molar-refractivity contribution is 5.78. The second-order valence-corrected chi connectivity index (χ2v) is 3.94. The summed E-state index contributed by atoms with van der Waals surface area (Å²) < 4.78 is 0. The molecule has 0 spiro atoms. The van der Waals surface area contributed by atoms with E-state index >= 15 is 0 Å². The molecule has 1 aliphatic rings. The third-order valence-corrected chi connectivity index (χ3v) is 2.62. The van der Waals surface area contributed by atoms with Gasteiger partial charge in [0.1, 0.15) is 0 Å². The Hall–Kier alpha value is -1.10. The number of aliphatic carboxylic acids is 1. The summed E-state index contributed by atoms with van der Waals surface area (Å²) in [6.45, 7) is 1.28. The Balaban J connectivity index is 2.16. The fourth-order valence-electron chi connectivity index (χ4n) is 1.77. The molecule has 1 rings (SSSR count). The molecule has 0 aromatic heterocycles. The van der Waals surface area contributed by atoms with E-state index in [-0.39, 0.29) is 24.9 Å². The minimum atomic E-state index is -0.795. The topological polar surface area (TPSA) is 77.8 Å². The monoisotopic (exact) mass is 215 g/mol. The van der Waals surface area contributed by atoms with E-state index in [9.17, 15) is 9.59 Å². The second kappa shape index (κ2) is 5.70. The predicted molar refractivity (Wildman–Crippen MR) is 53.3 cm³/mol. The Morgan fingerprint density at radius 3 is 2.73 bits per heavy atom. The lowest BCUT2D eigenvalue weighted by molar-refractivity contribution is -0.137. The van der Waals surface area contributed by atoms with Gasteiger partial charge in [0, 0.05) is 38.5 Å². The number of nitrogens with zero attached hydrogens (tertiary/aromatic N) is 1. The molecule has 1 amide bonds. The quantitative estimate of drug-likeness (QED) is 0.615. The van der Waals surface area contributed by atoms with Crippen molar-refractivity contribution < 1.29 is 19.8 Å². The van der Waals surface area contributed by atoms with Crippen molar-refractivity contribution in [2.24, 2.45) is 5.92 Å². The summed E-state index contributed by atoms with van der Waals surface area (Å²) in [5.74, 6) is -0.655. The smallest absolute Gasteiger partial charge is 0.303 e. The van der Waals surface area contributed by atoms with E-state index in [1.165, 1.54) is 0 Å². The number of hydrogen-bond acceptors (Lipinski definition) is 3. The van der Waals surface area contributed by atoms with E-state index < -0.39 is 5.97 Å². The van der Waals surface area contributed by atoms with E-state index in [0.29, 0.717) is 25.9 Å². The summed E-state index contributed by atoms with van der Waals surface area (Å²) in [7, 11) is 0. The summed E-state index contributed by atoms with van der Waals surface area (Å²) in [4.78, 5) is 23.3. The summed E-state index contributed by atoms with van der Waals surface area (Å²) in [5.41, 5.74) is 0. The van der Waals surface area contributed by atoms with Crippen LogP contribution in [0.15, 0.2) is 0 Å². The van der Waals surface area contributed by atoms with Crippen LogP contribution in [0.2, 0.25) is 0 Å². The van der Waals surface area contributed by atoms with E-state index in [2.05, 4.69) is 0 Å². The lowest BCUT2D eigenvalue weighted by atomic mass is 10.1. The first-order valence-electron chi connectivity index (χ1n) is 5.24. The molecule has 1 heterocycles. The normalized spacial score (nSPS) is 21.0. The van der Waals surface area contributed by atoms with Crippen molar-refractivity contribution in [1.82, 2.24) is 4.90 Å². The fourth-order valence-corrected chi connectivity index (χ4v) is 1.77. The summed E-state index contributed by atoms with van der Waals surface area (Å²) >= 11 is 0. The summed E-state index contributed by atoms with van der Waals surface area (Å²) in [5, 5.41) is 17.3. The SMILES string of the molecule is O=C(O)CCCCN1CC(CO)CC1=O. The number of carbonyl (C=O) groups is 2. The summed E-state index contributed by atoms with van der Waals surface area (Å²) in [6.07, 6.45) is 1.90. The standard InChI is InChI=1S/C10H17NO4/c12-7-8-5-9(13)11(6-8)4-2-1-3-10(14)15/h8,12H,1-7H2,(H,14,15). The number of aliphatic hydroxyl groups excluding tert-OH is 1. The van der Waals surface area contributed by atoms with Crippen LogP contribution in [0.3, 0.4) is 0 Å². The molecule has 5 nitrogen and oxygen atoms in total. The van der Waals surface area contributed by atoms with Crippen molar-refractivity contribution in [2.45, 2.75) is 25.7 Å². The van der Waals surface area contributed by atoms with Gasteiger partial charge in [0.25, 0.3) is 0 Å². The molecule has 86 valence electrons. The first-order valence-corrected chi connectivity index (χ1v) is 5.24. The lowest BCUT2D eigenvalue weighted by Gasteiger charge is -2.15. The van der Waals surface area contributed by atoms with Gasteiger partial charge in [-0.25, -0.2) is 0 Å². The van der Waals surface area contributed by atoms with E-state index in [4.69, 9.17) is 10.2 Å². The molecule has 0 aromatic rings. The number of unbranched alkanes of at least 4 members (excludes halogenated alkanes) is 1. The van der Waals surface area contributed by atoms with Crippen LogP contribution in [-0.2, 0) is 9.59 Å². The number of likely N-dealkylation sites (tertiary alicyclic amines) is 1. The van der Waals surface area contributed by atoms with Gasteiger partial charge in [0.05, 0.1) is 0 Å². The van der Waals surface area contributed by atoms with Crippen LogP contribution in [-0.4, -0.2) is 46.7 Å². The lowest BCUT2D eigenvalue weighted by Crippen LogP contribution is -2.26. The van der Waals surface area contributed by atoms with Gasteiger partial charge in [0.2, 0.25) is 5.91 Å². The Morgan fingerprint density at radius 2 is 2.20 bits per heavy atom. The Kier molecular flexibility index (Phi) is 4.55. The van der Waals surface area contributed by atoms with Crippen LogP contribution in [0.1, 0.15) is 25.7 Å². The van der Waals surface area contributed by atoms with Gasteiger partial charge in [-0.1, -0.05) is 0 Å². The van der Waals surface area contributed by atoms with Crippen LogP contribution in [0.4, 0.5) is 0 Å². The van der Waals surface area contributed by atoms with Gasteiger partial charge in [-0.15, -0.1) is 0 Å². The zero-order valence-corrected chi connectivity index (χ0v) is 8.69. The van der Waals surface area contributed by atoms with Crippen LogP contribution in [0.25, 0.3) is 0 Å². The molecular formula is C10H17NO4. The molecule has 2 N–H and O–H groups in total. The molecule has 5 heteroatoms. The predicted octanol–water partition coefficient (Wildman–Crippen LogP) is 0.0821. The molecule has 0 aliphatic carbocycles. The number of aliphatic hydroxyl groups is 1. The zero-order chi connectivity index (χ0) is 11.3. The van der Waals surface area contributed by atoms with Gasteiger partial charge in [-0.3, -0.25) is 9.59 Å². The van der Waals surface area contributed by atoms with E-state index in [1.54, 1.807) is 4.90 Å². The number of carboxylic acid groups (broad SMARTS) is 1. The molecule has 1 unspecified atom stereocenters. The first kappa shape index (κ1) is 12.0. The molecule has 0 saturated carbocycles.